The molecule has 1 unspecified atom stereocenters. The van der Waals surface area contributed by atoms with Gasteiger partial charge in [0.15, 0.2) is 0 Å². The highest BCUT2D eigenvalue weighted by atomic mass is 15.3. The SMILES string of the molecule is CCn1cc(CN2CC(CC)(CC)NCC2C2CC2)cn1. The van der Waals surface area contributed by atoms with Gasteiger partial charge in [0, 0.05) is 49.5 Å². The molecule has 1 aromatic rings. The van der Waals surface area contributed by atoms with Gasteiger partial charge in [-0.15, -0.1) is 0 Å². The maximum absolute atomic E-state index is 4.44. The van der Waals surface area contributed by atoms with Crippen molar-refractivity contribution in [2.45, 2.75) is 71.1 Å². The fourth-order valence-corrected chi connectivity index (χ4v) is 3.75. The summed E-state index contributed by atoms with van der Waals surface area (Å²) >= 11 is 0. The Balaban J connectivity index is 1.73. The molecule has 0 aromatic carbocycles. The topological polar surface area (TPSA) is 33.1 Å². The van der Waals surface area contributed by atoms with Crippen LogP contribution in [0, 0.1) is 5.92 Å². The third-order valence-electron chi connectivity index (χ3n) is 5.58. The molecule has 1 saturated heterocycles. The molecule has 0 amide bonds. The first-order valence-electron chi connectivity index (χ1n) is 8.70. The lowest BCUT2D eigenvalue weighted by Gasteiger charge is -2.47. The van der Waals surface area contributed by atoms with E-state index in [0.717, 1.165) is 31.6 Å². The molecule has 118 valence electrons. The van der Waals surface area contributed by atoms with Crippen molar-refractivity contribution in [1.29, 1.82) is 0 Å². The normalized spacial score (nSPS) is 26.1. The van der Waals surface area contributed by atoms with E-state index in [1.54, 1.807) is 0 Å². The second-order valence-corrected chi connectivity index (χ2v) is 6.88. The molecule has 3 rings (SSSR count). The van der Waals surface area contributed by atoms with Gasteiger partial charge >= 0.3 is 0 Å². The van der Waals surface area contributed by atoms with Crippen LogP contribution in [-0.4, -0.2) is 39.4 Å². The number of aromatic nitrogens is 2. The van der Waals surface area contributed by atoms with Gasteiger partial charge in [0.25, 0.3) is 0 Å². The van der Waals surface area contributed by atoms with Crippen LogP contribution in [0.5, 0.6) is 0 Å². The van der Waals surface area contributed by atoms with E-state index in [1.807, 2.05) is 4.68 Å². The quantitative estimate of drug-likeness (QED) is 0.874. The van der Waals surface area contributed by atoms with E-state index >= 15 is 0 Å². The van der Waals surface area contributed by atoms with E-state index in [9.17, 15) is 0 Å². The highest BCUT2D eigenvalue weighted by Gasteiger charge is 2.42. The number of piperazine rings is 1. The minimum Gasteiger partial charge on any atom is -0.308 e. The van der Waals surface area contributed by atoms with Crippen LogP contribution in [-0.2, 0) is 13.1 Å². The predicted octanol–water partition coefficient (Wildman–Crippen LogP) is 2.65. The van der Waals surface area contributed by atoms with Crippen LogP contribution in [0.15, 0.2) is 12.4 Å². The van der Waals surface area contributed by atoms with Crippen molar-refractivity contribution in [3.05, 3.63) is 18.0 Å². The Bertz CT molecular complexity index is 459. The molecule has 1 aliphatic heterocycles. The standard InChI is InChI=1S/C17H30N4/c1-4-17(5-2)13-20(16(10-18-17)15-7-8-15)11-14-9-19-21(6-3)12-14/h9,12,15-16,18H,4-8,10-11,13H2,1-3H3. The van der Waals surface area contributed by atoms with E-state index in [4.69, 9.17) is 0 Å². The average molecular weight is 290 g/mol. The smallest absolute Gasteiger partial charge is 0.0534 e. The lowest BCUT2D eigenvalue weighted by atomic mass is 9.87. The van der Waals surface area contributed by atoms with Gasteiger partial charge < -0.3 is 5.32 Å². The Hall–Kier alpha value is -0.870. The molecule has 2 heterocycles. The molecular formula is C17H30N4. The summed E-state index contributed by atoms with van der Waals surface area (Å²) < 4.78 is 2.04. The second-order valence-electron chi connectivity index (χ2n) is 6.88. The largest absolute Gasteiger partial charge is 0.308 e. The number of hydrogen-bond acceptors (Lipinski definition) is 3. The van der Waals surface area contributed by atoms with Crippen LogP contribution in [0.25, 0.3) is 0 Å². The lowest BCUT2D eigenvalue weighted by molar-refractivity contribution is 0.0557. The van der Waals surface area contributed by atoms with Crippen molar-refractivity contribution in [2.24, 2.45) is 5.92 Å². The lowest BCUT2D eigenvalue weighted by Crippen LogP contribution is -2.64. The summed E-state index contributed by atoms with van der Waals surface area (Å²) in [6, 6.07) is 0.723. The third-order valence-corrected chi connectivity index (χ3v) is 5.58. The number of rotatable bonds is 6. The van der Waals surface area contributed by atoms with Crippen LogP contribution >= 0.6 is 0 Å². The van der Waals surface area contributed by atoms with Gasteiger partial charge in [-0.05, 0) is 38.5 Å². The second kappa shape index (κ2) is 6.09. The molecule has 1 aromatic heterocycles. The van der Waals surface area contributed by atoms with Crippen LogP contribution < -0.4 is 5.32 Å². The predicted molar refractivity (Wildman–Crippen MR) is 86.1 cm³/mol. The molecule has 0 radical (unpaired) electrons. The van der Waals surface area contributed by atoms with E-state index in [0.29, 0.717) is 5.54 Å². The van der Waals surface area contributed by atoms with Crippen LogP contribution in [0.2, 0.25) is 0 Å². The minimum absolute atomic E-state index is 0.312. The Morgan fingerprint density at radius 1 is 1.29 bits per heavy atom. The van der Waals surface area contributed by atoms with Crippen LogP contribution in [0.3, 0.4) is 0 Å². The molecule has 2 fully saturated rings. The number of nitrogens with zero attached hydrogens (tertiary/aromatic N) is 3. The first kappa shape index (κ1) is 15.0. The zero-order valence-corrected chi connectivity index (χ0v) is 13.8. The molecule has 4 heteroatoms. The Morgan fingerprint density at radius 3 is 2.62 bits per heavy atom. The summed E-state index contributed by atoms with van der Waals surface area (Å²) in [7, 11) is 0. The molecule has 4 nitrogen and oxygen atoms in total. The molecule has 1 saturated carbocycles. The van der Waals surface area contributed by atoms with Crippen LogP contribution in [0.4, 0.5) is 0 Å². The van der Waals surface area contributed by atoms with Gasteiger partial charge in [-0.3, -0.25) is 9.58 Å². The average Bonchev–Trinajstić information content (AvgIpc) is 3.26. The molecule has 0 bridgehead atoms. The monoisotopic (exact) mass is 290 g/mol. The molecule has 1 N–H and O–H groups in total. The van der Waals surface area contributed by atoms with Gasteiger partial charge in [-0.25, -0.2) is 0 Å². The van der Waals surface area contributed by atoms with Crippen molar-refractivity contribution < 1.29 is 0 Å². The zero-order chi connectivity index (χ0) is 14.9. The summed E-state index contributed by atoms with van der Waals surface area (Å²) in [4.78, 5) is 2.73. The van der Waals surface area contributed by atoms with Crippen molar-refractivity contribution in [3.63, 3.8) is 0 Å². The van der Waals surface area contributed by atoms with Gasteiger partial charge in [0.2, 0.25) is 0 Å². The van der Waals surface area contributed by atoms with Gasteiger partial charge in [0.05, 0.1) is 6.20 Å². The third kappa shape index (κ3) is 3.16. The summed E-state index contributed by atoms with van der Waals surface area (Å²) in [6.07, 6.45) is 9.53. The molecular weight excluding hydrogens is 260 g/mol. The summed E-state index contributed by atoms with van der Waals surface area (Å²) in [6.45, 7) is 11.1. The first-order valence-corrected chi connectivity index (χ1v) is 8.70. The molecule has 1 atom stereocenters. The fourth-order valence-electron chi connectivity index (χ4n) is 3.75. The minimum atomic E-state index is 0.312. The maximum Gasteiger partial charge on any atom is 0.0534 e. The molecule has 0 spiro atoms. The Labute approximate surface area is 128 Å². The summed E-state index contributed by atoms with van der Waals surface area (Å²) in [5.74, 6) is 0.922. The summed E-state index contributed by atoms with van der Waals surface area (Å²) in [5.41, 5.74) is 1.68. The van der Waals surface area contributed by atoms with E-state index in [1.165, 1.54) is 37.8 Å². The number of hydrogen-bond donors (Lipinski definition) is 1. The molecule has 1 aliphatic carbocycles. The van der Waals surface area contributed by atoms with Crippen molar-refractivity contribution >= 4 is 0 Å². The van der Waals surface area contributed by atoms with Crippen LogP contribution in [0.1, 0.15) is 52.0 Å². The van der Waals surface area contributed by atoms with Gasteiger partial charge in [-0.2, -0.15) is 5.10 Å². The van der Waals surface area contributed by atoms with Gasteiger partial charge in [-0.1, -0.05) is 13.8 Å². The number of aryl methyl sites for hydroxylation is 1. The summed E-state index contributed by atoms with van der Waals surface area (Å²) in [5, 5.41) is 8.31. The van der Waals surface area contributed by atoms with Crippen molar-refractivity contribution in [1.82, 2.24) is 20.0 Å². The zero-order valence-electron chi connectivity index (χ0n) is 13.8. The highest BCUT2D eigenvalue weighted by Crippen LogP contribution is 2.38. The van der Waals surface area contributed by atoms with Crippen molar-refractivity contribution in [3.8, 4) is 0 Å². The number of nitrogens with one attached hydrogen (secondary N) is 1. The fraction of sp³-hybridized carbons (Fsp3) is 0.824. The van der Waals surface area contributed by atoms with Crippen molar-refractivity contribution in [2.75, 3.05) is 13.1 Å². The highest BCUT2D eigenvalue weighted by molar-refractivity contribution is 5.08. The Morgan fingerprint density at radius 2 is 2.05 bits per heavy atom. The van der Waals surface area contributed by atoms with Gasteiger partial charge in [0.1, 0.15) is 0 Å². The van der Waals surface area contributed by atoms with E-state index in [-0.39, 0.29) is 0 Å². The molecule has 21 heavy (non-hydrogen) atoms. The first-order chi connectivity index (χ1) is 10.2. The maximum atomic E-state index is 4.44. The molecule has 2 aliphatic rings. The Kier molecular flexibility index (Phi) is 4.36. The van der Waals surface area contributed by atoms with E-state index < -0.39 is 0 Å². The van der Waals surface area contributed by atoms with E-state index in [2.05, 4.69) is 48.5 Å².